The minimum atomic E-state index is -0.345. The van der Waals surface area contributed by atoms with E-state index in [0.29, 0.717) is 24.6 Å². The van der Waals surface area contributed by atoms with E-state index < -0.39 is 0 Å². The summed E-state index contributed by atoms with van der Waals surface area (Å²) in [6.07, 6.45) is 3.46. The van der Waals surface area contributed by atoms with Gasteiger partial charge in [-0.25, -0.2) is 9.48 Å². The summed E-state index contributed by atoms with van der Waals surface area (Å²) in [5, 5.41) is 7.42. The van der Waals surface area contributed by atoms with E-state index in [4.69, 9.17) is 17.0 Å². The number of rotatable bonds is 6. The van der Waals surface area contributed by atoms with E-state index in [0.717, 1.165) is 31.8 Å². The van der Waals surface area contributed by atoms with Crippen LogP contribution < -0.4 is 5.32 Å². The molecule has 1 amide bonds. The molecule has 1 unspecified atom stereocenters. The lowest BCUT2D eigenvalue weighted by Crippen LogP contribution is -2.48. The Morgan fingerprint density at radius 3 is 3.09 bits per heavy atom. The minimum Gasteiger partial charge on any atom is -0.450 e. The van der Waals surface area contributed by atoms with Crippen LogP contribution in [0.5, 0.6) is 0 Å². The largest absolute Gasteiger partial charge is 0.450 e. The number of hydrogen-bond acceptors (Lipinski definition) is 5. The van der Waals surface area contributed by atoms with Gasteiger partial charge in [0.1, 0.15) is 5.82 Å². The molecule has 0 bridgehead atoms. The van der Waals surface area contributed by atoms with Crippen LogP contribution in [-0.2, 0) is 18.0 Å². The summed E-state index contributed by atoms with van der Waals surface area (Å²) in [5.41, 5.74) is 0. The van der Waals surface area contributed by atoms with E-state index in [-0.39, 0.29) is 12.1 Å². The second-order valence-corrected chi connectivity index (χ2v) is 6.02. The number of alkyl carbamates (subject to hydrolysis) is 1. The molecule has 2 rings (SSSR count). The first-order valence-electron chi connectivity index (χ1n) is 7.96. The molecule has 8 heteroatoms. The number of carbonyl (C=O) groups is 1. The Morgan fingerprint density at radius 2 is 2.39 bits per heavy atom. The zero-order valence-electron chi connectivity index (χ0n) is 13.8. The van der Waals surface area contributed by atoms with Crippen molar-refractivity contribution in [1.29, 1.82) is 0 Å². The number of amides is 1. The van der Waals surface area contributed by atoms with Gasteiger partial charge in [-0.3, -0.25) is 4.90 Å². The SMILES string of the molecule is C=CCn1c(C)nn(CN2CCCC(NC(=O)OCC)C2)c1=S. The molecule has 1 aromatic rings. The van der Waals surface area contributed by atoms with E-state index in [1.807, 2.05) is 22.2 Å². The summed E-state index contributed by atoms with van der Waals surface area (Å²) < 4.78 is 9.44. The van der Waals surface area contributed by atoms with Crippen LogP contribution in [0.1, 0.15) is 25.6 Å². The van der Waals surface area contributed by atoms with Gasteiger partial charge in [0.2, 0.25) is 0 Å². The van der Waals surface area contributed by atoms with Crippen molar-refractivity contribution in [2.75, 3.05) is 19.7 Å². The van der Waals surface area contributed by atoms with Crippen LogP contribution in [0.25, 0.3) is 0 Å². The predicted octanol–water partition coefficient (Wildman–Crippen LogP) is 2.08. The van der Waals surface area contributed by atoms with Crippen LogP contribution in [0.15, 0.2) is 12.7 Å². The monoisotopic (exact) mass is 339 g/mol. The van der Waals surface area contributed by atoms with E-state index in [9.17, 15) is 4.79 Å². The van der Waals surface area contributed by atoms with Crippen LogP contribution in [0.4, 0.5) is 4.79 Å². The Balaban J connectivity index is 1.97. The summed E-state index contributed by atoms with van der Waals surface area (Å²) >= 11 is 5.48. The molecule has 0 radical (unpaired) electrons. The molecule has 0 spiro atoms. The normalized spacial score (nSPS) is 18.6. The smallest absolute Gasteiger partial charge is 0.407 e. The second kappa shape index (κ2) is 8.26. The van der Waals surface area contributed by atoms with E-state index >= 15 is 0 Å². The molecular formula is C15H25N5O2S. The average molecular weight is 339 g/mol. The Morgan fingerprint density at radius 1 is 1.61 bits per heavy atom. The molecule has 23 heavy (non-hydrogen) atoms. The summed E-state index contributed by atoms with van der Waals surface area (Å²) in [6.45, 7) is 10.9. The molecular weight excluding hydrogens is 314 g/mol. The fourth-order valence-corrected chi connectivity index (χ4v) is 3.12. The summed E-state index contributed by atoms with van der Waals surface area (Å²) in [5.74, 6) is 0.883. The molecule has 0 saturated carbocycles. The third-order valence-electron chi connectivity index (χ3n) is 3.86. The minimum absolute atomic E-state index is 0.105. The highest BCUT2D eigenvalue weighted by atomic mass is 32.1. The quantitative estimate of drug-likeness (QED) is 0.635. The number of aromatic nitrogens is 3. The number of carbonyl (C=O) groups excluding carboxylic acids is 1. The van der Waals surface area contributed by atoms with E-state index in [2.05, 4.69) is 21.9 Å². The van der Waals surface area contributed by atoms with Gasteiger partial charge in [-0.05, 0) is 38.9 Å². The van der Waals surface area contributed by atoms with Crippen molar-refractivity contribution in [2.45, 2.75) is 45.9 Å². The fourth-order valence-electron chi connectivity index (χ4n) is 2.81. The molecule has 0 aliphatic carbocycles. The van der Waals surface area contributed by atoms with Crippen LogP contribution >= 0.6 is 12.2 Å². The van der Waals surface area contributed by atoms with Gasteiger partial charge in [-0.1, -0.05) is 6.08 Å². The van der Waals surface area contributed by atoms with Gasteiger partial charge in [0.15, 0.2) is 4.77 Å². The lowest BCUT2D eigenvalue weighted by molar-refractivity contribution is 0.121. The molecule has 1 aromatic heterocycles. The van der Waals surface area contributed by atoms with Crippen molar-refractivity contribution in [3.63, 3.8) is 0 Å². The number of allylic oxidation sites excluding steroid dienone is 1. The number of piperidine rings is 1. The van der Waals surface area contributed by atoms with Crippen LogP contribution in [0, 0.1) is 11.7 Å². The third kappa shape index (κ3) is 4.65. The van der Waals surface area contributed by atoms with E-state index in [1.165, 1.54) is 0 Å². The van der Waals surface area contributed by atoms with Gasteiger partial charge in [-0.2, -0.15) is 5.10 Å². The number of aryl methyl sites for hydroxylation is 1. The number of hydrogen-bond donors (Lipinski definition) is 1. The molecule has 1 fully saturated rings. The van der Waals surface area contributed by atoms with Gasteiger partial charge >= 0.3 is 6.09 Å². The zero-order chi connectivity index (χ0) is 16.8. The maximum atomic E-state index is 11.6. The molecule has 2 heterocycles. The average Bonchev–Trinajstić information content (AvgIpc) is 2.76. The summed E-state index contributed by atoms with van der Waals surface area (Å²) in [4.78, 5) is 13.8. The second-order valence-electron chi connectivity index (χ2n) is 5.65. The number of nitrogens with one attached hydrogen (secondary N) is 1. The maximum Gasteiger partial charge on any atom is 0.407 e. The van der Waals surface area contributed by atoms with Gasteiger partial charge < -0.3 is 14.6 Å². The Hall–Kier alpha value is -1.67. The number of nitrogens with zero attached hydrogens (tertiary/aromatic N) is 4. The summed E-state index contributed by atoms with van der Waals surface area (Å²) in [6, 6.07) is 0.105. The molecule has 0 aromatic carbocycles. The van der Waals surface area contributed by atoms with Crippen molar-refractivity contribution in [1.82, 2.24) is 24.6 Å². The van der Waals surface area contributed by atoms with Crippen LogP contribution in [-0.4, -0.2) is 51.1 Å². The van der Waals surface area contributed by atoms with Crippen molar-refractivity contribution < 1.29 is 9.53 Å². The van der Waals surface area contributed by atoms with Gasteiger partial charge in [0.05, 0.1) is 13.3 Å². The lowest BCUT2D eigenvalue weighted by atomic mass is 10.1. The van der Waals surface area contributed by atoms with Gasteiger partial charge in [-0.15, -0.1) is 6.58 Å². The highest BCUT2D eigenvalue weighted by Gasteiger charge is 2.22. The van der Waals surface area contributed by atoms with E-state index in [1.54, 1.807) is 6.92 Å². The van der Waals surface area contributed by atoms with Crippen LogP contribution in [0.3, 0.4) is 0 Å². The number of likely N-dealkylation sites (tertiary alicyclic amines) is 1. The fraction of sp³-hybridized carbons (Fsp3) is 0.667. The van der Waals surface area contributed by atoms with Crippen LogP contribution in [0.2, 0.25) is 0 Å². The standard InChI is InChI=1S/C15H25N5O2S/c1-4-8-19-12(3)17-20(15(19)23)11-18-9-6-7-13(10-18)16-14(21)22-5-2/h4,13H,1,5-11H2,2-3H3,(H,16,21). The Kier molecular flexibility index (Phi) is 6.35. The third-order valence-corrected chi connectivity index (χ3v) is 4.29. The van der Waals surface area contributed by atoms with Crippen molar-refractivity contribution in [3.05, 3.63) is 23.3 Å². The lowest BCUT2D eigenvalue weighted by Gasteiger charge is -2.32. The first-order chi connectivity index (χ1) is 11.0. The van der Waals surface area contributed by atoms with Crippen molar-refractivity contribution >= 4 is 18.3 Å². The zero-order valence-corrected chi connectivity index (χ0v) is 14.6. The molecule has 1 aliphatic heterocycles. The van der Waals surface area contributed by atoms with Crippen molar-refractivity contribution in [3.8, 4) is 0 Å². The molecule has 1 N–H and O–H groups in total. The highest BCUT2D eigenvalue weighted by molar-refractivity contribution is 7.71. The van der Waals surface area contributed by atoms with Crippen molar-refractivity contribution in [2.24, 2.45) is 0 Å². The molecule has 1 saturated heterocycles. The number of ether oxygens (including phenoxy) is 1. The molecule has 1 atom stereocenters. The highest BCUT2D eigenvalue weighted by Crippen LogP contribution is 2.12. The summed E-state index contributed by atoms with van der Waals surface area (Å²) in [7, 11) is 0. The topological polar surface area (TPSA) is 64.3 Å². The first-order valence-corrected chi connectivity index (χ1v) is 8.36. The predicted molar refractivity (Wildman–Crippen MR) is 90.7 cm³/mol. The Labute approximate surface area is 141 Å². The molecule has 128 valence electrons. The first kappa shape index (κ1) is 17.7. The molecule has 1 aliphatic rings. The Bertz CT molecular complexity index is 609. The molecule has 7 nitrogen and oxygen atoms in total. The van der Waals surface area contributed by atoms with Gasteiger partial charge in [0.25, 0.3) is 0 Å². The van der Waals surface area contributed by atoms with Gasteiger partial charge in [0, 0.05) is 25.7 Å². The maximum absolute atomic E-state index is 11.6.